The summed E-state index contributed by atoms with van der Waals surface area (Å²) in [5.41, 5.74) is 9.09. The lowest BCUT2D eigenvalue weighted by Crippen LogP contribution is -2.31. The Morgan fingerprint density at radius 1 is 1.07 bits per heavy atom. The van der Waals surface area contributed by atoms with Crippen LogP contribution in [0.3, 0.4) is 0 Å². The van der Waals surface area contributed by atoms with Gasteiger partial charge in [-0.1, -0.05) is 24.3 Å². The third kappa shape index (κ3) is 5.22. The Hall–Kier alpha value is -2.55. The van der Waals surface area contributed by atoms with E-state index in [1.165, 1.54) is 0 Å². The minimum Gasteiger partial charge on any atom is -0.493 e. The zero-order valence-corrected chi connectivity index (χ0v) is 17.6. The van der Waals surface area contributed by atoms with Crippen molar-refractivity contribution in [1.29, 1.82) is 0 Å². The number of guanidine groups is 1. The summed E-state index contributed by atoms with van der Waals surface area (Å²) in [5, 5.41) is 4.26. The molecule has 27 heavy (non-hydrogen) atoms. The van der Waals surface area contributed by atoms with E-state index < -0.39 is 0 Å². The van der Waals surface area contributed by atoms with E-state index in [-0.39, 0.29) is 24.0 Å². The van der Waals surface area contributed by atoms with Crippen molar-refractivity contribution in [3.63, 3.8) is 0 Å². The molecule has 0 radical (unpaired) electrons. The third-order valence-electron chi connectivity index (χ3n) is 4.08. The molecule has 1 heterocycles. The zero-order chi connectivity index (χ0) is 18.4. The largest absolute Gasteiger partial charge is 0.493 e. The molecule has 0 spiro atoms. The van der Waals surface area contributed by atoms with Crippen LogP contribution in [0, 0.1) is 0 Å². The highest BCUT2D eigenvalue weighted by molar-refractivity contribution is 14.0. The maximum Gasteiger partial charge on any atom is 0.189 e. The molecule has 0 saturated carbocycles. The molecule has 0 aliphatic carbocycles. The molecule has 0 amide bonds. The van der Waals surface area contributed by atoms with Crippen LogP contribution in [-0.4, -0.2) is 25.2 Å². The number of hydrogen-bond donors (Lipinski definition) is 2. The van der Waals surface area contributed by atoms with E-state index in [0.29, 0.717) is 30.5 Å². The molecule has 0 aliphatic heterocycles. The van der Waals surface area contributed by atoms with Gasteiger partial charge in [0.25, 0.3) is 0 Å². The molecule has 0 fully saturated rings. The van der Waals surface area contributed by atoms with E-state index in [4.69, 9.17) is 15.2 Å². The maximum atomic E-state index is 6.01. The van der Waals surface area contributed by atoms with Crippen LogP contribution < -0.4 is 20.5 Å². The summed E-state index contributed by atoms with van der Waals surface area (Å²) in [6.07, 6.45) is 1.80. The van der Waals surface area contributed by atoms with Crippen LogP contribution in [0.25, 0.3) is 10.9 Å². The summed E-state index contributed by atoms with van der Waals surface area (Å²) in [6.45, 7) is 1.04. The van der Waals surface area contributed by atoms with Gasteiger partial charge in [0.1, 0.15) is 0 Å². The highest BCUT2D eigenvalue weighted by atomic mass is 127. The fourth-order valence-corrected chi connectivity index (χ4v) is 2.71. The van der Waals surface area contributed by atoms with E-state index in [9.17, 15) is 0 Å². The third-order valence-corrected chi connectivity index (χ3v) is 4.08. The number of nitrogens with two attached hydrogens (primary N) is 1. The second-order valence-corrected chi connectivity index (χ2v) is 5.73. The number of aliphatic imine (C=N–C) groups is 1. The average Bonchev–Trinajstić information content (AvgIpc) is 2.70. The average molecular weight is 478 g/mol. The molecule has 7 heteroatoms. The first-order valence-corrected chi connectivity index (χ1v) is 8.28. The molecular formula is C20H23IN4O2. The second kappa shape index (κ2) is 9.96. The Labute approximate surface area is 175 Å². The van der Waals surface area contributed by atoms with Crippen molar-refractivity contribution >= 4 is 40.8 Å². The van der Waals surface area contributed by atoms with Crippen molar-refractivity contribution in [1.82, 2.24) is 10.3 Å². The molecule has 0 unspecified atom stereocenters. The first kappa shape index (κ1) is 20.8. The lowest BCUT2D eigenvalue weighted by molar-refractivity contribution is 0.354. The van der Waals surface area contributed by atoms with Crippen LogP contribution in [0.2, 0.25) is 0 Å². The number of ether oxygens (including phenoxy) is 2. The van der Waals surface area contributed by atoms with E-state index in [1.807, 2.05) is 42.5 Å². The first-order chi connectivity index (χ1) is 12.7. The minimum atomic E-state index is 0. The van der Waals surface area contributed by atoms with E-state index >= 15 is 0 Å². The fraction of sp³-hybridized carbons (Fsp3) is 0.200. The molecule has 3 N–H and O–H groups in total. The van der Waals surface area contributed by atoms with Gasteiger partial charge in [0, 0.05) is 18.1 Å². The molecule has 3 rings (SSSR count). The van der Waals surface area contributed by atoms with Crippen molar-refractivity contribution in [2.75, 3.05) is 14.2 Å². The lowest BCUT2D eigenvalue weighted by atomic mass is 10.1. The van der Waals surface area contributed by atoms with Gasteiger partial charge in [-0.25, -0.2) is 4.99 Å². The van der Waals surface area contributed by atoms with Gasteiger partial charge in [0.05, 0.1) is 26.3 Å². The smallest absolute Gasteiger partial charge is 0.189 e. The lowest BCUT2D eigenvalue weighted by Gasteiger charge is -2.10. The summed E-state index contributed by atoms with van der Waals surface area (Å²) in [7, 11) is 3.22. The van der Waals surface area contributed by atoms with Crippen molar-refractivity contribution in [3.05, 3.63) is 65.9 Å². The van der Waals surface area contributed by atoms with E-state index in [2.05, 4.69) is 21.4 Å². The molecular weight excluding hydrogens is 455 g/mol. The molecule has 2 aromatic carbocycles. The molecule has 6 nitrogen and oxygen atoms in total. The minimum absolute atomic E-state index is 0. The normalized spacial score (nSPS) is 11.0. The van der Waals surface area contributed by atoms with Crippen molar-refractivity contribution in [2.45, 2.75) is 13.1 Å². The number of rotatable bonds is 6. The van der Waals surface area contributed by atoms with E-state index in [0.717, 1.165) is 22.0 Å². The molecule has 0 aliphatic rings. The molecule has 142 valence electrons. The van der Waals surface area contributed by atoms with Gasteiger partial charge >= 0.3 is 0 Å². The number of benzene rings is 2. The summed E-state index contributed by atoms with van der Waals surface area (Å²) >= 11 is 0. The van der Waals surface area contributed by atoms with Gasteiger partial charge in [-0.3, -0.25) is 4.98 Å². The second-order valence-electron chi connectivity index (χ2n) is 5.73. The molecule has 3 aromatic rings. The van der Waals surface area contributed by atoms with Crippen molar-refractivity contribution < 1.29 is 9.47 Å². The number of para-hydroxylation sites is 1. The van der Waals surface area contributed by atoms with Gasteiger partial charge in [-0.15, -0.1) is 24.0 Å². The topological polar surface area (TPSA) is 81.8 Å². The first-order valence-electron chi connectivity index (χ1n) is 8.28. The van der Waals surface area contributed by atoms with Crippen molar-refractivity contribution in [3.8, 4) is 11.5 Å². The Balaban J connectivity index is 0.00000261. The SMILES string of the molecule is COc1ccc(CN=C(N)NCc2ccnc3ccccc23)cc1OC.I. The Kier molecular flexibility index (Phi) is 7.66. The zero-order valence-electron chi connectivity index (χ0n) is 15.3. The number of pyridine rings is 1. The highest BCUT2D eigenvalue weighted by Gasteiger charge is 2.05. The fourth-order valence-electron chi connectivity index (χ4n) is 2.71. The van der Waals surface area contributed by atoms with Gasteiger partial charge < -0.3 is 20.5 Å². The number of fused-ring (bicyclic) bond motifs is 1. The highest BCUT2D eigenvalue weighted by Crippen LogP contribution is 2.27. The number of aromatic nitrogens is 1. The summed E-state index contributed by atoms with van der Waals surface area (Å²) in [5.74, 6) is 1.76. The maximum absolute atomic E-state index is 6.01. The van der Waals surface area contributed by atoms with Crippen LogP contribution in [0.15, 0.2) is 59.7 Å². The van der Waals surface area contributed by atoms with Crippen LogP contribution in [-0.2, 0) is 13.1 Å². The predicted octanol–water partition coefficient (Wildman–Crippen LogP) is 3.47. The molecule has 0 atom stereocenters. The monoisotopic (exact) mass is 478 g/mol. The van der Waals surface area contributed by atoms with E-state index in [1.54, 1.807) is 20.4 Å². The van der Waals surface area contributed by atoms with Gasteiger partial charge in [-0.05, 0) is 35.4 Å². The quantitative estimate of drug-likeness (QED) is 0.322. The van der Waals surface area contributed by atoms with Gasteiger partial charge in [0.2, 0.25) is 0 Å². The summed E-state index contributed by atoms with van der Waals surface area (Å²) in [4.78, 5) is 8.76. The van der Waals surface area contributed by atoms with Crippen LogP contribution in [0.4, 0.5) is 0 Å². The Bertz CT molecular complexity index is 926. The van der Waals surface area contributed by atoms with Crippen LogP contribution >= 0.6 is 24.0 Å². The van der Waals surface area contributed by atoms with Crippen LogP contribution in [0.5, 0.6) is 11.5 Å². The standard InChI is InChI=1S/C20H22N4O2.HI/c1-25-18-8-7-14(11-19(18)26-2)12-23-20(21)24-13-15-9-10-22-17-6-4-3-5-16(15)17;/h3-11H,12-13H2,1-2H3,(H3,21,23,24);1H. The Morgan fingerprint density at radius 2 is 1.85 bits per heavy atom. The molecule has 0 bridgehead atoms. The molecule has 0 saturated heterocycles. The number of methoxy groups -OCH3 is 2. The van der Waals surface area contributed by atoms with Crippen molar-refractivity contribution in [2.24, 2.45) is 10.7 Å². The number of nitrogens with zero attached hydrogens (tertiary/aromatic N) is 2. The number of hydrogen-bond acceptors (Lipinski definition) is 4. The summed E-state index contributed by atoms with van der Waals surface area (Å²) < 4.78 is 10.5. The number of halogens is 1. The summed E-state index contributed by atoms with van der Waals surface area (Å²) in [6, 6.07) is 15.7. The van der Waals surface area contributed by atoms with Gasteiger partial charge in [0.15, 0.2) is 17.5 Å². The van der Waals surface area contributed by atoms with Crippen LogP contribution in [0.1, 0.15) is 11.1 Å². The Morgan fingerprint density at radius 3 is 2.63 bits per heavy atom. The van der Waals surface area contributed by atoms with Gasteiger partial charge in [-0.2, -0.15) is 0 Å². The number of nitrogens with one attached hydrogen (secondary N) is 1. The predicted molar refractivity (Wildman–Crippen MR) is 119 cm³/mol. The molecule has 1 aromatic heterocycles.